The van der Waals surface area contributed by atoms with Crippen molar-refractivity contribution in [3.05, 3.63) is 27.3 Å². The number of alkyl halides is 4. The summed E-state index contributed by atoms with van der Waals surface area (Å²) in [5, 5.41) is 10.6. The molecule has 0 aliphatic carbocycles. The van der Waals surface area contributed by atoms with Crippen molar-refractivity contribution in [3.63, 3.8) is 0 Å². The van der Waals surface area contributed by atoms with Crippen molar-refractivity contribution < 1.29 is 22.8 Å². The first-order valence-electron chi connectivity index (χ1n) is 4.21. The van der Waals surface area contributed by atoms with Crippen LogP contribution in [0.25, 0.3) is 0 Å². The van der Waals surface area contributed by atoms with Gasteiger partial charge in [-0.25, -0.2) is 0 Å². The first-order chi connectivity index (χ1) is 7.74. The average molecular weight is 315 g/mol. The van der Waals surface area contributed by atoms with E-state index in [1.165, 1.54) is 13.0 Å². The molecule has 1 heterocycles. The summed E-state index contributed by atoms with van der Waals surface area (Å²) in [5.74, 6) is -1.47. The van der Waals surface area contributed by atoms with Gasteiger partial charge in [0.1, 0.15) is 0 Å². The van der Waals surface area contributed by atoms with Crippen LogP contribution in [0.3, 0.4) is 0 Å². The molecule has 1 rings (SSSR count). The van der Waals surface area contributed by atoms with Crippen LogP contribution in [0, 0.1) is 17.0 Å². The number of rotatable bonds is 3. The second-order valence-electron chi connectivity index (χ2n) is 3.03. The number of halogens is 4. The molecule has 0 amide bonds. The van der Waals surface area contributed by atoms with E-state index in [2.05, 4.69) is 25.7 Å². The zero-order valence-electron chi connectivity index (χ0n) is 8.42. The van der Waals surface area contributed by atoms with E-state index in [9.17, 15) is 23.3 Å². The Hall–Kier alpha value is -1.38. The maximum absolute atomic E-state index is 12.0. The summed E-state index contributed by atoms with van der Waals surface area (Å²) >= 11 is 2.95. The fourth-order valence-corrected chi connectivity index (χ4v) is 1.52. The van der Waals surface area contributed by atoms with Gasteiger partial charge in [-0.15, -0.1) is 13.2 Å². The van der Waals surface area contributed by atoms with E-state index in [4.69, 9.17) is 0 Å². The summed E-state index contributed by atoms with van der Waals surface area (Å²) in [6, 6.07) is 1.22. The number of nitrogens with zero attached hydrogens (tertiary/aromatic N) is 2. The van der Waals surface area contributed by atoms with Gasteiger partial charge in [0.05, 0.1) is 5.56 Å². The van der Waals surface area contributed by atoms with Gasteiger partial charge >= 0.3 is 18.1 Å². The van der Waals surface area contributed by atoms with E-state index in [1.54, 1.807) is 0 Å². The van der Waals surface area contributed by atoms with Crippen LogP contribution in [-0.2, 0) is 5.33 Å². The molecule has 94 valence electrons. The summed E-state index contributed by atoms with van der Waals surface area (Å²) in [6.45, 7) is 1.38. The monoisotopic (exact) mass is 314 g/mol. The number of nitro groups is 1. The largest absolute Gasteiger partial charge is 0.575 e. The Morgan fingerprint density at radius 1 is 1.59 bits per heavy atom. The molecular weight excluding hydrogens is 309 g/mol. The minimum atomic E-state index is -4.94. The molecule has 1 aromatic heterocycles. The molecule has 0 atom stereocenters. The summed E-state index contributed by atoms with van der Waals surface area (Å²) < 4.78 is 39.8. The van der Waals surface area contributed by atoms with Crippen molar-refractivity contribution in [2.75, 3.05) is 0 Å². The van der Waals surface area contributed by atoms with Gasteiger partial charge in [0.15, 0.2) is 0 Å². The quantitative estimate of drug-likeness (QED) is 0.488. The number of ether oxygens (including phenoxy) is 1. The number of hydrogen-bond acceptors (Lipinski definition) is 4. The van der Waals surface area contributed by atoms with Crippen LogP contribution in [0.1, 0.15) is 11.1 Å². The summed E-state index contributed by atoms with van der Waals surface area (Å²) in [7, 11) is 0. The van der Waals surface area contributed by atoms with Crippen LogP contribution in [0.4, 0.5) is 19.0 Å². The molecule has 9 heteroatoms. The summed E-state index contributed by atoms with van der Waals surface area (Å²) in [6.07, 6.45) is -4.94. The van der Waals surface area contributed by atoms with E-state index >= 15 is 0 Å². The molecule has 0 aliphatic heterocycles. The lowest BCUT2D eigenvalue weighted by Gasteiger charge is -2.08. The van der Waals surface area contributed by atoms with Crippen LogP contribution < -0.4 is 4.74 Å². The van der Waals surface area contributed by atoms with Gasteiger partial charge in [0, 0.05) is 15.9 Å². The van der Waals surface area contributed by atoms with E-state index in [0.717, 1.165) is 0 Å². The SMILES string of the molecule is Cc1cc(CBr)c(OC(F)(F)F)nc1[N+](=O)[O-]. The van der Waals surface area contributed by atoms with E-state index in [-0.39, 0.29) is 16.5 Å². The number of aryl methyl sites for hydroxylation is 1. The zero-order chi connectivity index (χ0) is 13.2. The predicted octanol–water partition coefficient (Wildman–Crippen LogP) is 3.09. The fourth-order valence-electron chi connectivity index (χ4n) is 1.12. The predicted molar refractivity (Wildman–Crippen MR) is 54.9 cm³/mol. The lowest BCUT2D eigenvalue weighted by Crippen LogP contribution is -2.19. The van der Waals surface area contributed by atoms with Gasteiger partial charge < -0.3 is 14.9 Å². The highest BCUT2D eigenvalue weighted by molar-refractivity contribution is 9.08. The molecule has 0 saturated heterocycles. The molecule has 0 aromatic carbocycles. The summed E-state index contributed by atoms with van der Waals surface area (Å²) in [5.41, 5.74) is 0.254. The van der Waals surface area contributed by atoms with Gasteiger partial charge in [0.25, 0.3) is 0 Å². The van der Waals surface area contributed by atoms with Crippen molar-refractivity contribution in [1.29, 1.82) is 0 Å². The van der Waals surface area contributed by atoms with Gasteiger partial charge in [-0.05, 0) is 17.9 Å². The van der Waals surface area contributed by atoms with Crippen molar-refractivity contribution in [3.8, 4) is 5.88 Å². The summed E-state index contributed by atoms with van der Waals surface area (Å²) in [4.78, 5) is 12.9. The van der Waals surface area contributed by atoms with E-state index in [0.29, 0.717) is 0 Å². The molecule has 0 N–H and O–H groups in total. The van der Waals surface area contributed by atoms with Crippen LogP contribution in [0.5, 0.6) is 5.88 Å². The maximum atomic E-state index is 12.0. The van der Waals surface area contributed by atoms with Gasteiger partial charge in [0.2, 0.25) is 0 Å². The Balaban J connectivity index is 3.26. The van der Waals surface area contributed by atoms with Gasteiger partial charge in [-0.1, -0.05) is 15.9 Å². The highest BCUT2D eigenvalue weighted by Gasteiger charge is 2.35. The smallest absolute Gasteiger partial charge is 0.366 e. The van der Waals surface area contributed by atoms with Crippen molar-refractivity contribution >= 4 is 21.7 Å². The second kappa shape index (κ2) is 4.86. The molecule has 1 aromatic rings. The van der Waals surface area contributed by atoms with E-state index < -0.39 is 23.0 Å². The molecule has 0 saturated carbocycles. The second-order valence-corrected chi connectivity index (χ2v) is 3.59. The molecule has 0 radical (unpaired) electrons. The zero-order valence-corrected chi connectivity index (χ0v) is 10.0. The Morgan fingerprint density at radius 2 is 2.18 bits per heavy atom. The highest BCUT2D eigenvalue weighted by atomic mass is 79.9. The number of pyridine rings is 1. The van der Waals surface area contributed by atoms with E-state index in [1.807, 2.05) is 0 Å². The van der Waals surface area contributed by atoms with Gasteiger partial charge in [-0.3, -0.25) is 0 Å². The van der Waals surface area contributed by atoms with Crippen molar-refractivity contribution in [1.82, 2.24) is 4.98 Å². The van der Waals surface area contributed by atoms with Crippen molar-refractivity contribution in [2.45, 2.75) is 18.6 Å². The fraction of sp³-hybridized carbons (Fsp3) is 0.375. The topological polar surface area (TPSA) is 65.3 Å². The normalized spacial score (nSPS) is 11.4. The third kappa shape index (κ3) is 3.55. The molecular formula is C8H6BrF3N2O3. The maximum Gasteiger partial charge on any atom is 0.575 e. The third-order valence-corrected chi connectivity index (χ3v) is 2.36. The van der Waals surface area contributed by atoms with Gasteiger partial charge in [-0.2, -0.15) is 0 Å². The highest BCUT2D eigenvalue weighted by Crippen LogP contribution is 2.30. The van der Waals surface area contributed by atoms with Crippen LogP contribution in [0.15, 0.2) is 6.07 Å². The first kappa shape index (κ1) is 13.7. The number of aromatic nitrogens is 1. The van der Waals surface area contributed by atoms with Crippen LogP contribution in [-0.4, -0.2) is 16.3 Å². The van der Waals surface area contributed by atoms with Crippen molar-refractivity contribution in [2.24, 2.45) is 0 Å². The standard InChI is InChI=1S/C8H6BrF3N2O3/c1-4-2-5(3-9)7(17-8(10,11)12)13-6(4)14(15)16/h2H,3H2,1H3. The van der Waals surface area contributed by atoms with Crippen LogP contribution in [0.2, 0.25) is 0 Å². The molecule has 17 heavy (non-hydrogen) atoms. The number of hydrogen-bond donors (Lipinski definition) is 0. The molecule has 0 spiro atoms. The molecule has 5 nitrogen and oxygen atoms in total. The lowest BCUT2D eigenvalue weighted by molar-refractivity contribution is -0.390. The average Bonchev–Trinajstić information content (AvgIpc) is 2.17. The lowest BCUT2D eigenvalue weighted by atomic mass is 10.2. The first-order valence-corrected chi connectivity index (χ1v) is 5.33. The molecule has 0 bridgehead atoms. The van der Waals surface area contributed by atoms with Crippen LogP contribution >= 0.6 is 15.9 Å². The minimum absolute atomic E-state index is 0.0459. The molecule has 0 unspecified atom stereocenters. The molecule has 0 fully saturated rings. The third-order valence-electron chi connectivity index (χ3n) is 1.75. The molecule has 0 aliphatic rings. The Labute approximate surface area is 102 Å². The Morgan fingerprint density at radius 3 is 2.59 bits per heavy atom. The minimum Gasteiger partial charge on any atom is -0.366 e. The Kier molecular flexibility index (Phi) is 3.91. The Bertz CT molecular complexity index is 450.